The number of carbonyl (C=O) groups is 2. The molecule has 0 saturated heterocycles. The van der Waals surface area contributed by atoms with Crippen LogP contribution >= 0.6 is 7.75 Å². The maximum atomic E-state index is 14.2. The number of para-hydroxylation sites is 1. The van der Waals surface area contributed by atoms with Crippen molar-refractivity contribution in [3.8, 4) is 0 Å². The number of ether oxygens (including phenoxy) is 2. The zero-order valence-electron chi connectivity index (χ0n) is 21.5. The van der Waals surface area contributed by atoms with Crippen LogP contribution in [0.3, 0.4) is 0 Å². The van der Waals surface area contributed by atoms with Gasteiger partial charge in [0.1, 0.15) is 0 Å². The summed E-state index contributed by atoms with van der Waals surface area (Å²) < 4.78 is 37.3. The minimum absolute atomic E-state index is 0.396. The third kappa shape index (κ3) is 6.90. The third-order valence-corrected chi connectivity index (χ3v) is 7.74. The van der Waals surface area contributed by atoms with Gasteiger partial charge in [-0.2, -0.15) is 0 Å². The van der Waals surface area contributed by atoms with E-state index in [1.165, 1.54) is 10.5 Å². The lowest BCUT2D eigenvalue weighted by Gasteiger charge is -2.20. The number of nitrogens with zero attached hydrogens (tertiary/aromatic N) is 2. The zero-order valence-corrected chi connectivity index (χ0v) is 22.4. The monoisotopic (exact) mass is 541 g/mol. The molecule has 11 heteroatoms. The molecule has 0 amide bonds. The van der Waals surface area contributed by atoms with Crippen molar-refractivity contribution >= 4 is 30.6 Å². The van der Waals surface area contributed by atoms with Gasteiger partial charge in [0, 0.05) is 36.3 Å². The predicted molar refractivity (Wildman–Crippen MR) is 143 cm³/mol. The Bertz CT molecular complexity index is 1290. The molecule has 2 heterocycles. The summed E-state index contributed by atoms with van der Waals surface area (Å²) in [4.78, 5) is 26.9. The topological polar surface area (TPSA) is 108 Å². The van der Waals surface area contributed by atoms with Gasteiger partial charge < -0.3 is 19.7 Å². The fraction of sp³-hybridized carbons (Fsp3) is 0.333. The van der Waals surface area contributed by atoms with E-state index >= 15 is 0 Å². The van der Waals surface area contributed by atoms with E-state index in [0.29, 0.717) is 42.3 Å². The molecule has 1 aliphatic carbocycles. The van der Waals surface area contributed by atoms with Crippen molar-refractivity contribution in [2.75, 3.05) is 34.2 Å². The predicted octanol–water partition coefficient (Wildman–Crippen LogP) is 4.40. The first-order valence-corrected chi connectivity index (χ1v) is 13.8. The first-order chi connectivity index (χ1) is 18.4. The SMILES string of the molecule is CN(C)CCc1cn(P(=O)(OCOC(=O)C2=CCC=CC2)OCOC(=O)C2=CNC=CC2)c2ccccc12. The van der Waals surface area contributed by atoms with Gasteiger partial charge in [-0.1, -0.05) is 42.5 Å². The van der Waals surface area contributed by atoms with Crippen LogP contribution in [0.2, 0.25) is 0 Å². The Morgan fingerprint density at radius 2 is 1.71 bits per heavy atom. The second kappa shape index (κ2) is 12.9. The number of hydrogen-bond donors (Lipinski definition) is 1. The van der Waals surface area contributed by atoms with Gasteiger partial charge >= 0.3 is 19.7 Å². The molecule has 1 unspecified atom stereocenters. The van der Waals surface area contributed by atoms with Crippen molar-refractivity contribution < 1.29 is 32.7 Å². The summed E-state index contributed by atoms with van der Waals surface area (Å²) in [5, 5.41) is 3.72. The number of rotatable bonds is 12. The second-order valence-electron chi connectivity index (χ2n) is 8.98. The van der Waals surface area contributed by atoms with Gasteiger partial charge in [-0.25, -0.2) is 14.2 Å². The number of dihydropyridines is 1. The average molecular weight is 542 g/mol. The van der Waals surface area contributed by atoms with Gasteiger partial charge in [-0.15, -0.1) is 0 Å². The van der Waals surface area contributed by atoms with E-state index < -0.39 is 33.3 Å². The van der Waals surface area contributed by atoms with Crippen LogP contribution < -0.4 is 5.32 Å². The zero-order chi connectivity index (χ0) is 27.0. The van der Waals surface area contributed by atoms with Gasteiger partial charge in [0.25, 0.3) is 0 Å². The molecular weight excluding hydrogens is 509 g/mol. The van der Waals surface area contributed by atoms with Crippen LogP contribution in [0, 0.1) is 0 Å². The summed E-state index contributed by atoms with van der Waals surface area (Å²) in [6, 6.07) is 7.45. The van der Waals surface area contributed by atoms with E-state index in [2.05, 4.69) is 10.2 Å². The van der Waals surface area contributed by atoms with Crippen LogP contribution in [0.15, 0.2) is 78.3 Å². The average Bonchev–Trinajstić information content (AvgIpc) is 3.32. The van der Waals surface area contributed by atoms with Gasteiger partial charge in [-0.05, 0) is 51.2 Å². The van der Waals surface area contributed by atoms with Crippen LogP contribution in [-0.2, 0) is 39.1 Å². The number of allylic oxidation sites excluding steroid dienone is 4. The minimum Gasteiger partial charge on any atom is -0.435 e. The fourth-order valence-electron chi connectivity index (χ4n) is 3.99. The maximum Gasteiger partial charge on any atom is 0.445 e. The summed E-state index contributed by atoms with van der Waals surface area (Å²) in [5.74, 6) is -1.16. The number of esters is 2. The van der Waals surface area contributed by atoms with Crippen LogP contribution in [0.4, 0.5) is 0 Å². The number of carbonyl (C=O) groups excluding carboxylic acids is 2. The maximum absolute atomic E-state index is 14.2. The van der Waals surface area contributed by atoms with Gasteiger partial charge in [0.05, 0.1) is 11.1 Å². The molecule has 202 valence electrons. The molecule has 1 aromatic carbocycles. The summed E-state index contributed by atoms with van der Waals surface area (Å²) in [6.07, 6.45) is 14.5. The summed E-state index contributed by atoms with van der Waals surface area (Å²) in [7, 11) is -0.219. The first-order valence-electron chi connectivity index (χ1n) is 12.3. The lowest BCUT2D eigenvalue weighted by molar-refractivity contribution is -0.147. The second-order valence-corrected chi connectivity index (χ2v) is 10.9. The van der Waals surface area contributed by atoms with Gasteiger partial charge in [-0.3, -0.25) is 13.4 Å². The third-order valence-electron chi connectivity index (χ3n) is 6.02. The molecule has 38 heavy (non-hydrogen) atoms. The fourth-order valence-corrected chi connectivity index (χ4v) is 5.40. The lowest BCUT2D eigenvalue weighted by Crippen LogP contribution is -2.17. The van der Waals surface area contributed by atoms with Crippen molar-refractivity contribution in [2.24, 2.45) is 0 Å². The van der Waals surface area contributed by atoms with Crippen LogP contribution in [-0.4, -0.2) is 55.4 Å². The van der Waals surface area contributed by atoms with E-state index in [1.54, 1.807) is 30.6 Å². The van der Waals surface area contributed by atoms with Crippen molar-refractivity contribution in [3.05, 3.63) is 83.9 Å². The van der Waals surface area contributed by atoms with E-state index in [9.17, 15) is 14.2 Å². The molecule has 4 rings (SSSR count). The Labute approximate surface area is 221 Å². The molecule has 2 aromatic rings. The summed E-state index contributed by atoms with van der Waals surface area (Å²) in [6.45, 7) is -0.457. The van der Waals surface area contributed by atoms with Crippen LogP contribution in [0.25, 0.3) is 10.9 Å². The summed E-state index contributed by atoms with van der Waals surface area (Å²) >= 11 is 0. The van der Waals surface area contributed by atoms with Crippen LogP contribution in [0.5, 0.6) is 0 Å². The summed E-state index contributed by atoms with van der Waals surface area (Å²) in [5.41, 5.74) is 2.46. The molecule has 0 bridgehead atoms. The van der Waals surface area contributed by atoms with E-state index in [4.69, 9.17) is 18.5 Å². The first kappa shape index (κ1) is 27.6. The Kier molecular flexibility index (Phi) is 9.36. The standard InChI is InChI=1S/C27H32N3O7P/c1-29(2)16-14-23-18-30(25-13-7-6-12-24(23)25)38(33,36-19-34-26(31)21-9-4-3-5-10-21)37-20-35-27(32)22-11-8-15-28-17-22/h3-4,6-8,10,12-13,15,17-18,28H,5,9,11,14,16,19-20H2,1-2H3. The normalized spacial score (nSPS) is 16.5. The molecule has 1 aliphatic heterocycles. The van der Waals surface area contributed by atoms with Crippen LogP contribution in [0.1, 0.15) is 24.8 Å². The molecule has 1 atom stereocenters. The van der Waals surface area contributed by atoms with Crippen molar-refractivity contribution in [3.63, 3.8) is 0 Å². The number of fused-ring (bicyclic) bond motifs is 1. The van der Waals surface area contributed by atoms with Crippen molar-refractivity contribution in [2.45, 2.75) is 25.7 Å². The Balaban J connectivity index is 1.53. The van der Waals surface area contributed by atoms with E-state index in [0.717, 1.165) is 17.5 Å². The number of aromatic nitrogens is 1. The highest BCUT2D eigenvalue weighted by Crippen LogP contribution is 2.52. The van der Waals surface area contributed by atoms with Crippen molar-refractivity contribution in [1.29, 1.82) is 0 Å². The molecule has 0 spiro atoms. The van der Waals surface area contributed by atoms with Gasteiger partial charge in [0.2, 0.25) is 13.6 Å². The Morgan fingerprint density at radius 3 is 2.37 bits per heavy atom. The quantitative estimate of drug-likeness (QED) is 0.181. The van der Waals surface area contributed by atoms with Gasteiger partial charge in [0.15, 0.2) is 0 Å². The molecule has 0 radical (unpaired) electrons. The van der Waals surface area contributed by atoms with E-state index in [-0.39, 0.29) is 0 Å². The highest BCUT2D eigenvalue weighted by molar-refractivity contribution is 7.52. The highest BCUT2D eigenvalue weighted by Gasteiger charge is 2.32. The minimum atomic E-state index is -4.17. The molecular formula is C27H32N3O7P. The lowest BCUT2D eigenvalue weighted by atomic mass is 10.1. The molecule has 1 N–H and O–H groups in total. The smallest absolute Gasteiger partial charge is 0.435 e. The molecule has 2 aliphatic rings. The Morgan fingerprint density at radius 1 is 1.00 bits per heavy atom. The van der Waals surface area contributed by atoms with E-state index in [1.807, 2.05) is 44.4 Å². The number of benzene rings is 1. The highest BCUT2D eigenvalue weighted by atomic mass is 31.2. The number of hydrogen-bond acceptors (Lipinski definition) is 9. The van der Waals surface area contributed by atoms with Crippen molar-refractivity contribution in [1.82, 2.24) is 14.6 Å². The molecule has 1 aromatic heterocycles. The Hall–Kier alpha value is -3.43. The number of nitrogens with one attached hydrogen (secondary N) is 1. The molecule has 0 saturated carbocycles. The number of likely N-dealkylation sites (N-methyl/N-ethyl adjacent to an activating group) is 1. The molecule has 10 nitrogen and oxygen atoms in total. The molecule has 0 fully saturated rings. The largest absolute Gasteiger partial charge is 0.445 e.